The molecule has 0 bridgehead atoms. The normalized spacial score (nSPS) is 11.4. The van der Waals surface area contributed by atoms with E-state index < -0.39 is 0 Å². The van der Waals surface area contributed by atoms with Crippen LogP contribution in [0.5, 0.6) is 0 Å². The molecule has 1 aromatic carbocycles. The number of hydrogen-bond donors (Lipinski definition) is 1. The van der Waals surface area contributed by atoms with Gasteiger partial charge in [0.1, 0.15) is 5.82 Å². The lowest BCUT2D eigenvalue weighted by atomic mass is 9.84. The van der Waals surface area contributed by atoms with E-state index in [-0.39, 0.29) is 5.41 Å². The minimum atomic E-state index is 0.0547. The minimum Gasteiger partial charge on any atom is -0.368 e. The monoisotopic (exact) mass is 255 g/mol. The van der Waals surface area contributed by atoms with E-state index in [4.69, 9.17) is 0 Å². The maximum atomic E-state index is 4.41. The highest BCUT2D eigenvalue weighted by Crippen LogP contribution is 2.23. The lowest BCUT2D eigenvalue weighted by Crippen LogP contribution is -2.28. The van der Waals surface area contributed by atoms with Crippen molar-refractivity contribution in [1.82, 2.24) is 9.97 Å². The molecule has 1 heterocycles. The number of aromatic nitrogens is 2. The van der Waals surface area contributed by atoms with E-state index >= 15 is 0 Å². The Morgan fingerprint density at radius 3 is 2.37 bits per heavy atom. The van der Waals surface area contributed by atoms with Crippen molar-refractivity contribution in [2.24, 2.45) is 0 Å². The first kappa shape index (κ1) is 13.5. The first-order valence-electron chi connectivity index (χ1n) is 6.57. The molecular formula is C16H21N3. The number of hydrogen-bond acceptors (Lipinski definition) is 3. The third-order valence-corrected chi connectivity index (χ3v) is 3.30. The van der Waals surface area contributed by atoms with Crippen LogP contribution < -0.4 is 5.32 Å². The second kappa shape index (κ2) is 5.39. The van der Waals surface area contributed by atoms with Gasteiger partial charge in [-0.05, 0) is 19.4 Å². The van der Waals surface area contributed by atoms with Crippen LogP contribution in [0.2, 0.25) is 0 Å². The molecule has 1 aromatic heterocycles. The number of anilines is 1. The van der Waals surface area contributed by atoms with Gasteiger partial charge in [0.05, 0.1) is 11.9 Å². The van der Waals surface area contributed by atoms with Crippen LogP contribution in [0.3, 0.4) is 0 Å². The first-order valence-corrected chi connectivity index (χ1v) is 6.57. The van der Waals surface area contributed by atoms with Gasteiger partial charge in [-0.2, -0.15) is 0 Å². The van der Waals surface area contributed by atoms with Gasteiger partial charge in [0, 0.05) is 18.2 Å². The highest BCUT2D eigenvalue weighted by atomic mass is 15.0. The Kier molecular flexibility index (Phi) is 3.84. The van der Waals surface area contributed by atoms with Crippen molar-refractivity contribution >= 4 is 5.82 Å². The van der Waals surface area contributed by atoms with E-state index in [0.29, 0.717) is 0 Å². The summed E-state index contributed by atoms with van der Waals surface area (Å²) in [7, 11) is 0. The summed E-state index contributed by atoms with van der Waals surface area (Å²) in [6.07, 6.45) is 3.52. The summed E-state index contributed by atoms with van der Waals surface area (Å²) in [6.45, 7) is 9.34. The zero-order chi connectivity index (χ0) is 13.9. The summed E-state index contributed by atoms with van der Waals surface area (Å²) in [6, 6.07) is 8.70. The van der Waals surface area contributed by atoms with Gasteiger partial charge in [-0.3, -0.25) is 4.98 Å². The van der Waals surface area contributed by atoms with Crippen LogP contribution in [0.15, 0.2) is 36.7 Å². The van der Waals surface area contributed by atoms with Gasteiger partial charge in [0.15, 0.2) is 0 Å². The first-order chi connectivity index (χ1) is 8.97. The molecule has 0 saturated heterocycles. The lowest BCUT2D eigenvalue weighted by Gasteiger charge is -2.26. The Labute approximate surface area is 115 Å². The Hall–Kier alpha value is -1.90. The van der Waals surface area contributed by atoms with E-state index in [1.807, 2.05) is 6.92 Å². The number of rotatable bonds is 4. The van der Waals surface area contributed by atoms with Crippen LogP contribution >= 0.6 is 0 Å². The molecule has 2 aromatic rings. The molecule has 2 rings (SSSR count). The smallest absolute Gasteiger partial charge is 0.144 e. The topological polar surface area (TPSA) is 37.8 Å². The van der Waals surface area contributed by atoms with E-state index in [1.165, 1.54) is 11.1 Å². The van der Waals surface area contributed by atoms with Crippen molar-refractivity contribution in [3.63, 3.8) is 0 Å². The highest BCUT2D eigenvalue weighted by molar-refractivity contribution is 5.35. The average Bonchev–Trinajstić information content (AvgIpc) is 2.37. The minimum absolute atomic E-state index is 0.0547. The van der Waals surface area contributed by atoms with Crippen molar-refractivity contribution in [2.45, 2.75) is 33.1 Å². The molecule has 19 heavy (non-hydrogen) atoms. The fourth-order valence-electron chi connectivity index (χ4n) is 1.97. The van der Waals surface area contributed by atoms with Crippen LogP contribution in [0.1, 0.15) is 30.7 Å². The molecular weight excluding hydrogens is 234 g/mol. The quantitative estimate of drug-likeness (QED) is 0.909. The molecule has 3 heteroatoms. The number of nitrogens with zero attached hydrogens (tertiary/aromatic N) is 2. The second-order valence-electron chi connectivity index (χ2n) is 5.65. The molecule has 0 unspecified atom stereocenters. The molecule has 1 N–H and O–H groups in total. The summed E-state index contributed by atoms with van der Waals surface area (Å²) in [5, 5.41) is 3.37. The van der Waals surface area contributed by atoms with Crippen molar-refractivity contribution < 1.29 is 0 Å². The summed E-state index contributed by atoms with van der Waals surface area (Å²) in [5.74, 6) is 0.834. The van der Waals surface area contributed by atoms with Gasteiger partial charge in [0.2, 0.25) is 0 Å². The largest absolute Gasteiger partial charge is 0.368 e. The van der Waals surface area contributed by atoms with Gasteiger partial charge in [-0.15, -0.1) is 0 Å². The van der Waals surface area contributed by atoms with Crippen LogP contribution in [0, 0.1) is 13.8 Å². The van der Waals surface area contributed by atoms with Crippen LogP contribution in [-0.2, 0) is 5.41 Å². The summed E-state index contributed by atoms with van der Waals surface area (Å²) >= 11 is 0. The number of benzene rings is 1. The van der Waals surface area contributed by atoms with Crippen molar-refractivity contribution in [3.05, 3.63) is 53.5 Å². The van der Waals surface area contributed by atoms with E-state index in [0.717, 1.165) is 18.1 Å². The van der Waals surface area contributed by atoms with Crippen LogP contribution in [0.25, 0.3) is 0 Å². The SMILES string of the molecule is Cc1ccc(C(C)(C)CNc2cncc(C)n2)cc1. The fourth-order valence-corrected chi connectivity index (χ4v) is 1.97. The molecule has 0 aliphatic carbocycles. The van der Waals surface area contributed by atoms with Crippen molar-refractivity contribution in [1.29, 1.82) is 0 Å². The molecule has 0 saturated carbocycles. The zero-order valence-electron chi connectivity index (χ0n) is 12.1. The standard InChI is InChI=1S/C16H21N3/c1-12-5-7-14(8-6-12)16(3,4)11-18-15-10-17-9-13(2)19-15/h5-10H,11H2,1-4H3,(H,18,19). The Balaban J connectivity index is 2.07. The molecule has 100 valence electrons. The van der Waals surface area contributed by atoms with Crippen LogP contribution in [-0.4, -0.2) is 16.5 Å². The molecule has 0 fully saturated rings. The summed E-state index contributed by atoms with van der Waals surface area (Å²) in [4.78, 5) is 8.55. The second-order valence-corrected chi connectivity index (χ2v) is 5.65. The molecule has 3 nitrogen and oxygen atoms in total. The van der Waals surface area contributed by atoms with Crippen molar-refractivity contribution in [2.75, 3.05) is 11.9 Å². The zero-order valence-corrected chi connectivity index (χ0v) is 12.1. The molecule has 0 radical (unpaired) electrons. The molecule has 0 spiro atoms. The summed E-state index contributed by atoms with van der Waals surface area (Å²) in [5.41, 5.74) is 3.60. The predicted octanol–water partition coefficient (Wildman–Crippen LogP) is 3.48. The van der Waals surface area contributed by atoms with Crippen LogP contribution in [0.4, 0.5) is 5.82 Å². The number of aryl methyl sites for hydroxylation is 2. The molecule has 0 aliphatic heterocycles. The van der Waals surface area contributed by atoms with E-state index in [9.17, 15) is 0 Å². The summed E-state index contributed by atoms with van der Waals surface area (Å²) < 4.78 is 0. The van der Waals surface area contributed by atoms with Gasteiger partial charge >= 0.3 is 0 Å². The van der Waals surface area contributed by atoms with Gasteiger partial charge < -0.3 is 5.32 Å². The lowest BCUT2D eigenvalue weighted by molar-refractivity contribution is 0.556. The Morgan fingerprint density at radius 2 is 1.74 bits per heavy atom. The van der Waals surface area contributed by atoms with Gasteiger partial charge in [0.25, 0.3) is 0 Å². The van der Waals surface area contributed by atoms with Crippen molar-refractivity contribution in [3.8, 4) is 0 Å². The molecule has 0 atom stereocenters. The average molecular weight is 255 g/mol. The Morgan fingerprint density at radius 1 is 1.05 bits per heavy atom. The Bertz CT molecular complexity index is 544. The van der Waals surface area contributed by atoms with E-state index in [1.54, 1.807) is 12.4 Å². The number of nitrogens with one attached hydrogen (secondary N) is 1. The fraction of sp³-hybridized carbons (Fsp3) is 0.375. The highest BCUT2D eigenvalue weighted by Gasteiger charge is 2.20. The van der Waals surface area contributed by atoms with Gasteiger partial charge in [-0.1, -0.05) is 43.7 Å². The molecule has 0 amide bonds. The predicted molar refractivity (Wildman–Crippen MR) is 79.5 cm³/mol. The maximum absolute atomic E-state index is 4.41. The van der Waals surface area contributed by atoms with E-state index in [2.05, 4.69) is 60.3 Å². The third-order valence-electron chi connectivity index (χ3n) is 3.30. The van der Waals surface area contributed by atoms with Gasteiger partial charge in [-0.25, -0.2) is 4.98 Å². The third kappa shape index (κ3) is 3.53. The maximum Gasteiger partial charge on any atom is 0.144 e. The molecule has 0 aliphatic rings.